The van der Waals surface area contributed by atoms with Gasteiger partial charge in [0.2, 0.25) is 0 Å². The minimum absolute atomic E-state index is 0.266. The highest BCUT2D eigenvalue weighted by Crippen LogP contribution is 2.37. The molecule has 0 N–H and O–H groups in total. The lowest BCUT2D eigenvalue weighted by Gasteiger charge is -2.15. The maximum atomic E-state index is 12.6. The third-order valence-corrected chi connectivity index (χ3v) is 5.08. The minimum atomic E-state index is -0.747. The van der Waals surface area contributed by atoms with Crippen LogP contribution in [0.15, 0.2) is 63.8 Å². The summed E-state index contributed by atoms with van der Waals surface area (Å²) in [6, 6.07) is 16.4. The molecule has 4 aromatic rings. The van der Waals surface area contributed by atoms with Crippen molar-refractivity contribution in [1.82, 2.24) is 0 Å². The van der Waals surface area contributed by atoms with E-state index in [9.17, 15) is 9.59 Å². The number of carbonyl (C=O) groups excluding carboxylic acids is 1. The maximum Gasteiger partial charge on any atom is 0.344 e. The molecule has 0 fully saturated rings. The van der Waals surface area contributed by atoms with Crippen molar-refractivity contribution in [3.05, 3.63) is 65.0 Å². The van der Waals surface area contributed by atoms with E-state index in [1.807, 2.05) is 50.2 Å². The van der Waals surface area contributed by atoms with Crippen molar-refractivity contribution >= 4 is 50.1 Å². The molecule has 0 amide bonds. The summed E-state index contributed by atoms with van der Waals surface area (Å²) in [6.45, 7) is 3.99. The van der Waals surface area contributed by atoms with E-state index in [0.717, 1.165) is 10.8 Å². The van der Waals surface area contributed by atoms with Crippen LogP contribution in [0.4, 0.5) is 0 Å². The fraction of sp³-hybridized carbons (Fsp3) is 0.217. The van der Waals surface area contributed by atoms with Crippen molar-refractivity contribution in [3.63, 3.8) is 0 Å². The van der Waals surface area contributed by atoms with Gasteiger partial charge >= 0.3 is 11.6 Å². The Bertz CT molecular complexity index is 1260. The largest absolute Gasteiger partial charge is 0.425 e. The molecule has 0 aliphatic heterocycles. The van der Waals surface area contributed by atoms with E-state index < -0.39 is 17.0 Å². The predicted molar refractivity (Wildman–Crippen MR) is 112 cm³/mol. The van der Waals surface area contributed by atoms with Crippen LogP contribution in [0, 0.1) is 5.92 Å². The predicted octanol–water partition coefficient (Wildman–Crippen LogP) is 5.66. The summed E-state index contributed by atoms with van der Waals surface area (Å²) >= 11 is 6.24. The number of hydrogen-bond acceptors (Lipinski definition) is 4. The Balaban J connectivity index is 2.00. The Labute approximate surface area is 166 Å². The lowest BCUT2D eigenvalue weighted by Crippen LogP contribution is -2.22. The molecular weight excluding hydrogens is 376 g/mol. The number of rotatable bonds is 4. The molecule has 0 radical (unpaired) electrons. The molecule has 1 atom stereocenters. The van der Waals surface area contributed by atoms with Gasteiger partial charge in [0.15, 0.2) is 5.58 Å². The van der Waals surface area contributed by atoms with Crippen molar-refractivity contribution in [1.29, 1.82) is 0 Å². The van der Waals surface area contributed by atoms with E-state index in [4.69, 9.17) is 20.8 Å². The van der Waals surface area contributed by atoms with Gasteiger partial charge in [0.25, 0.3) is 0 Å². The molecule has 142 valence electrons. The van der Waals surface area contributed by atoms with Crippen molar-refractivity contribution in [3.8, 4) is 5.75 Å². The number of hydrogen-bond donors (Lipinski definition) is 0. The molecule has 1 heterocycles. The molecule has 0 spiro atoms. The van der Waals surface area contributed by atoms with Crippen LogP contribution >= 0.6 is 11.6 Å². The highest BCUT2D eigenvalue weighted by Gasteiger charge is 2.22. The summed E-state index contributed by atoms with van der Waals surface area (Å²) in [5.41, 5.74) is -0.0219. The van der Waals surface area contributed by atoms with Gasteiger partial charge in [0.1, 0.15) is 11.1 Å². The van der Waals surface area contributed by atoms with Gasteiger partial charge in [-0.05, 0) is 29.9 Å². The Morgan fingerprint density at radius 3 is 2.39 bits per heavy atom. The number of benzene rings is 3. The van der Waals surface area contributed by atoms with E-state index in [1.165, 1.54) is 0 Å². The van der Waals surface area contributed by atoms with Crippen molar-refractivity contribution < 1.29 is 13.9 Å². The topological polar surface area (TPSA) is 56.5 Å². The third kappa shape index (κ3) is 3.25. The number of esters is 1. The van der Waals surface area contributed by atoms with Crippen molar-refractivity contribution in [2.24, 2.45) is 5.92 Å². The van der Waals surface area contributed by atoms with E-state index in [-0.39, 0.29) is 5.92 Å². The van der Waals surface area contributed by atoms with Gasteiger partial charge in [-0.2, -0.15) is 0 Å². The lowest BCUT2D eigenvalue weighted by molar-refractivity contribution is -0.134. The van der Waals surface area contributed by atoms with Crippen LogP contribution in [-0.2, 0) is 4.79 Å². The number of fused-ring (bicyclic) bond motifs is 5. The second-order valence-electron chi connectivity index (χ2n) is 7.25. The van der Waals surface area contributed by atoms with E-state index in [0.29, 0.717) is 33.9 Å². The molecule has 0 saturated carbocycles. The van der Waals surface area contributed by atoms with Crippen LogP contribution in [0.3, 0.4) is 0 Å². The number of carbonyl (C=O) groups is 1. The van der Waals surface area contributed by atoms with Crippen LogP contribution in [0.1, 0.15) is 20.3 Å². The third-order valence-electron chi connectivity index (χ3n) is 4.72. The van der Waals surface area contributed by atoms with E-state index >= 15 is 0 Å². The minimum Gasteiger partial charge on any atom is -0.425 e. The van der Waals surface area contributed by atoms with Gasteiger partial charge in [-0.25, -0.2) is 4.79 Å². The highest BCUT2D eigenvalue weighted by atomic mass is 35.5. The Kier molecular flexibility index (Phi) is 4.82. The number of alkyl halides is 1. The quantitative estimate of drug-likeness (QED) is 0.147. The molecule has 3 aromatic carbocycles. The maximum absolute atomic E-state index is 12.6. The standard InChI is InChI=1S/C23H19ClO4/c1-13(2)11-18(24)23(26)27-19-12-14-7-3-4-8-15(14)21-20(19)16-9-5-6-10-17(16)22(25)28-21/h3-10,12-13,18H,11H2,1-2H3/t18-/m0/s1. The van der Waals surface area contributed by atoms with Gasteiger partial charge in [-0.15, -0.1) is 11.6 Å². The first-order valence-electron chi connectivity index (χ1n) is 9.18. The second kappa shape index (κ2) is 7.28. The van der Waals surface area contributed by atoms with Crippen molar-refractivity contribution in [2.45, 2.75) is 25.6 Å². The highest BCUT2D eigenvalue weighted by molar-refractivity contribution is 6.30. The van der Waals surface area contributed by atoms with Crippen molar-refractivity contribution in [2.75, 3.05) is 0 Å². The van der Waals surface area contributed by atoms with Gasteiger partial charge in [0, 0.05) is 10.8 Å². The zero-order valence-electron chi connectivity index (χ0n) is 15.6. The van der Waals surface area contributed by atoms with Gasteiger partial charge < -0.3 is 9.15 Å². The smallest absolute Gasteiger partial charge is 0.344 e. The van der Waals surface area contributed by atoms with Crippen LogP contribution in [0.25, 0.3) is 32.5 Å². The fourth-order valence-corrected chi connectivity index (χ4v) is 3.84. The molecule has 0 aliphatic rings. The molecule has 0 aliphatic carbocycles. The summed E-state index contributed by atoms with van der Waals surface area (Å²) in [7, 11) is 0. The molecule has 0 saturated heterocycles. The number of halogens is 1. The first-order valence-corrected chi connectivity index (χ1v) is 9.62. The fourth-order valence-electron chi connectivity index (χ4n) is 3.44. The summed E-state index contributed by atoms with van der Waals surface area (Å²) in [4.78, 5) is 25.1. The molecule has 5 heteroatoms. The lowest BCUT2D eigenvalue weighted by atomic mass is 10.0. The summed E-state index contributed by atoms with van der Waals surface area (Å²) in [5.74, 6) is 0.0949. The summed E-state index contributed by atoms with van der Waals surface area (Å²) in [5, 5.41) is 2.56. The molecule has 4 rings (SSSR count). The molecule has 4 nitrogen and oxygen atoms in total. The second-order valence-corrected chi connectivity index (χ2v) is 7.78. The first-order chi connectivity index (χ1) is 13.5. The zero-order chi connectivity index (χ0) is 19.8. The average Bonchev–Trinajstić information content (AvgIpc) is 2.67. The average molecular weight is 395 g/mol. The molecule has 0 unspecified atom stereocenters. The first kappa shape index (κ1) is 18.5. The van der Waals surface area contributed by atoms with Gasteiger partial charge in [-0.3, -0.25) is 4.79 Å². The van der Waals surface area contributed by atoms with E-state index in [1.54, 1.807) is 18.2 Å². The van der Waals surface area contributed by atoms with Crippen LogP contribution in [0.2, 0.25) is 0 Å². The SMILES string of the molecule is CC(C)C[C@H](Cl)C(=O)Oc1cc2ccccc2c2oc(=O)c3ccccc3c12. The Morgan fingerprint density at radius 1 is 1.04 bits per heavy atom. The molecule has 0 bridgehead atoms. The van der Waals surface area contributed by atoms with E-state index in [2.05, 4.69) is 0 Å². The molecule has 28 heavy (non-hydrogen) atoms. The van der Waals surface area contributed by atoms with Gasteiger partial charge in [-0.1, -0.05) is 56.3 Å². The zero-order valence-corrected chi connectivity index (χ0v) is 16.3. The normalized spacial score (nSPS) is 12.7. The summed E-state index contributed by atoms with van der Waals surface area (Å²) in [6.07, 6.45) is 0.516. The molecule has 1 aromatic heterocycles. The monoisotopic (exact) mass is 394 g/mol. The van der Waals surface area contributed by atoms with Gasteiger partial charge in [0.05, 0.1) is 10.8 Å². The van der Waals surface area contributed by atoms with Crippen LogP contribution < -0.4 is 10.4 Å². The Hall–Kier alpha value is -2.85. The molecular formula is C23H19ClO4. The Morgan fingerprint density at radius 2 is 1.68 bits per heavy atom. The van der Waals surface area contributed by atoms with Crippen LogP contribution in [0.5, 0.6) is 5.75 Å². The van der Waals surface area contributed by atoms with Crippen LogP contribution in [-0.4, -0.2) is 11.3 Å². The number of ether oxygens (including phenoxy) is 1. The summed E-state index contributed by atoms with van der Waals surface area (Å²) < 4.78 is 11.4.